The topological polar surface area (TPSA) is 0 Å². The van der Waals surface area contributed by atoms with Gasteiger partial charge in [0, 0.05) is 12.2 Å². The van der Waals surface area contributed by atoms with Gasteiger partial charge in [-0.1, -0.05) is 23.3 Å². The molecule has 30 valence electrons. The Balaban J connectivity index is 3.35. The van der Waals surface area contributed by atoms with Crippen LogP contribution in [0.4, 0.5) is 0 Å². The Labute approximate surface area is 42.2 Å². The van der Waals surface area contributed by atoms with Crippen LogP contribution in [0, 0.1) is 11.8 Å². The molecule has 0 unspecified atom stereocenters. The SMILES string of the molecule is C1=C=CC#CC=C=1. The number of hydrogen-bond donors (Lipinski definition) is 0. The summed E-state index contributed by atoms with van der Waals surface area (Å²) < 4.78 is 0. The van der Waals surface area contributed by atoms with Gasteiger partial charge < -0.3 is 0 Å². The summed E-state index contributed by atoms with van der Waals surface area (Å²) in [5.74, 6) is 5.36. The minimum Gasteiger partial charge on any atom is -0.0604 e. The number of hydrogen-bond acceptors (Lipinski definition) is 0. The number of rotatable bonds is 0. The van der Waals surface area contributed by atoms with E-state index in [9.17, 15) is 0 Å². The monoisotopic (exact) mass is 86.0 g/mol. The predicted molar refractivity (Wildman–Crippen MR) is 27.5 cm³/mol. The maximum Gasteiger partial charge on any atom is 0.0396 e. The molecule has 7 heavy (non-hydrogen) atoms. The van der Waals surface area contributed by atoms with Crippen molar-refractivity contribution in [3.8, 4) is 11.8 Å². The molecule has 1 aliphatic rings. The fraction of sp³-hybridized carbons (Fsp3) is 0. The van der Waals surface area contributed by atoms with Crippen LogP contribution in [0.5, 0.6) is 0 Å². The van der Waals surface area contributed by atoms with Crippen LogP contribution in [-0.2, 0) is 0 Å². The summed E-state index contributed by atoms with van der Waals surface area (Å²) in [5.41, 5.74) is 7.92. The van der Waals surface area contributed by atoms with Crippen LogP contribution >= 0.6 is 0 Å². The molecule has 0 saturated carbocycles. The molecule has 1 aliphatic carbocycles. The molecule has 0 heteroatoms. The van der Waals surface area contributed by atoms with E-state index < -0.39 is 0 Å². The zero-order chi connectivity index (χ0) is 4.95. The van der Waals surface area contributed by atoms with Crippen molar-refractivity contribution in [2.24, 2.45) is 0 Å². The first-order chi connectivity index (χ1) is 3.50. The second-order valence-electron chi connectivity index (χ2n) is 0.991. The summed E-state index contributed by atoms with van der Waals surface area (Å²) >= 11 is 0. The van der Waals surface area contributed by atoms with Crippen LogP contribution in [0.1, 0.15) is 0 Å². The highest BCUT2D eigenvalue weighted by atomic mass is 13.6. The molecule has 0 radical (unpaired) electrons. The van der Waals surface area contributed by atoms with Gasteiger partial charge in [0.05, 0.1) is 0 Å². The lowest BCUT2D eigenvalue weighted by Gasteiger charge is -1.49. The summed E-state index contributed by atoms with van der Waals surface area (Å²) in [6.45, 7) is 0. The first-order valence-electron chi connectivity index (χ1n) is 1.90. The molecular formula is C7H2. The van der Waals surface area contributed by atoms with Crippen molar-refractivity contribution in [3.05, 3.63) is 29.3 Å². The third kappa shape index (κ3) is 1.02. The van der Waals surface area contributed by atoms with Gasteiger partial charge in [-0.3, -0.25) is 0 Å². The van der Waals surface area contributed by atoms with E-state index in [-0.39, 0.29) is 0 Å². The first kappa shape index (κ1) is 3.82. The summed E-state index contributed by atoms with van der Waals surface area (Å²) in [6, 6.07) is 0. The van der Waals surface area contributed by atoms with E-state index in [0.29, 0.717) is 0 Å². The smallest absolute Gasteiger partial charge is 0.0396 e. The fourth-order valence-electron chi connectivity index (χ4n) is 0.269. The fourth-order valence-corrected chi connectivity index (χ4v) is 0.269. The lowest BCUT2D eigenvalue weighted by molar-refractivity contribution is 2.19. The molecule has 0 saturated heterocycles. The zero-order valence-electron chi connectivity index (χ0n) is 3.65. The van der Waals surface area contributed by atoms with E-state index in [0.717, 1.165) is 0 Å². The van der Waals surface area contributed by atoms with E-state index in [1.54, 1.807) is 12.2 Å². The Bertz CT molecular complexity index is 217. The minimum absolute atomic E-state index is 1.61. The molecule has 0 bridgehead atoms. The van der Waals surface area contributed by atoms with Crippen molar-refractivity contribution < 1.29 is 0 Å². The van der Waals surface area contributed by atoms with Gasteiger partial charge in [-0.15, -0.1) is 0 Å². The third-order valence-electron chi connectivity index (χ3n) is 0.516. The highest BCUT2D eigenvalue weighted by Crippen LogP contribution is 1.67. The van der Waals surface area contributed by atoms with E-state index in [4.69, 9.17) is 0 Å². The van der Waals surface area contributed by atoms with Gasteiger partial charge in [-0.25, -0.2) is 0 Å². The Morgan fingerprint density at radius 2 is 1.43 bits per heavy atom. The summed E-state index contributed by atoms with van der Waals surface area (Å²) in [4.78, 5) is 0. The predicted octanol–water partition coefficient (Wildman–Crippen LogP) is 1.02. The molecule has 0 aliphatic heterocycles. The molecule has 0 spiro atoms. The second kappa shape index (κ2) is 1.93. The molecule has 0 fully saturated rings. The molecule has 0 N–H and O–H groups in total. The average molecular weight is 86.1 g/mol. The van der Waals surface area contributed by atoms with Crippen molar-refractivity contribution in [2.75, 3.05) is 0 Å². The molecule has 0 heterocycles. The van der Waals surface area contributed by atoms with Gasteiger partial charge in [-0.2, -0.15) is 0 Å². The minimum atomic E-state index is 1.61. The molecule has 0 nitrogen and oxygen atoms in total. The molecule has 0 aromatic carbocycles. The summed E-state index contributed by atoms with van der Waals surface area (Å²) in [6.07, 6.45) is 3.22. The summed E-state index contributed by atoms with van der Waals surface area (Å²) in [5, 5.41) is 0. The lowest BCUT2D eigenvalue weighted by atomic mass is 10.5. The van der Waals surface area contributed by atoms with Gasteiger partial charge in [0.1, 0.15) is 0 Å². The van der Waals surface area contributed by atoms with Crippen molar-refractivity contribution in [1.82, 2.24) is 0 Å². The highest BCUT2D eigenvalue weighted by Gasteiger charge is 1.55. The molecule has 0 aromatic heterocycles. The third-order valence-corrected chi connectivity index (χ3v) is 0.516. The van der Waals surface area contributed by atoms with E-state index >= 15 is 0 Å². The van der Waals surface area contributed by atoms with Crippen molar-refractivity contribution in [1.29, 1.82) is 0 Å². The quantitative estimate of drug-likeness (QED) is 0.305. The Hall–Kier alpha value is -1.36. The van der Waals surface area contributed by atoms with Gasteiger partial charge >= 0.3 is 0 Å². The van der Waals surface area contributed by atoms with Crippen LogP contribution < -0.4 is 0 Å². The molecule has 1 rings (SSSR count). The van der Waals surface area contributed by atoms with Gasteiger partial charge in [0.2, 0.25) is 0 Å². The maximum atomic E-state index is 2.68. The maximum absolute atomic E-state index is 2.68. The first-order valence-corrected chi connectivity index (χ1v) is 1.90. The second-order valence-corrected chi connectivity index (χ2v) is 0.991. The van der Waals surface area contributed by atoms with Crippen LogP contribution in [0.15, 0.2) is 29.3 Å². The largest absolute Gasteiger partial charge is 0.0604 e. The Kier molecular flexibility index (Phi) is 1.05. The Morgan fingerprint density at radius 1 is 0.857 bits per heavy atom. The van der Waals surface area contributed by atoms with E-state index in [1.807, 2.05) is 0 Å². The Morgan fingerprint density at radius 3 is 2.00 bits per heavy atom. The standard InChI is InChI=1S/C7H2/c1-2-4-6-7-5-3-1/h1,6H. The highest BCUT2D eigenvalue weighted by molar-refractivity contribution is 5.24. The van der Waals surface area contributed by atoms with Gasteiger partial charge in [0.15, 0.2) is 0 Å². The lowest BCUT2D eigenvalue weighted by Crippen LogP contribution is -1.39. The van der Waals surface area contributed by atoms with Crippen LogP contribution in [0.2, 0.25) is 0 Å². The average Bonchev–Trinajstić information content (AvgIpc) is 1.90. The van der Waals surface area contributed by atoms with Gasteiger partial charge in [0.25, 0.3) is 0 Å². The van der Waals surface area contributed by atoms with Crippen LogP contribution in [0.25, 0.3) is 0 Å². The normalized spacial score (nSPS) is 10.3. The molecule has 0 atom stereocenters. The van der Waals surface area contributed by atoms with Crippen molar-refractivity contribution in [2.45, 2.75) is 0 Å². The molecular weight excluding hydrogens is 84.1 g/mol. The summed E-state index contributed by atoms with van der Waals surface area (Å²) in [7, 11) is 0. The number of allylic oxidation sites excluding steroid dienone is 2. The molecule has 0 aromatic rings. The zero-order valence-corrected chi connectivity index (χ0v) is 3.65. The van der Waals surface area contributed by atoms with Gasteiger partial charge in [-0.05, 0) is 5.73 Å². The van der Waals surface area contributed by atoms with Crippen LogP contribution in [0.3, 0.4) is 0 Å². The van der Waals surface area contributed by atoms with Crippen molar-refractivity contribution >= 4 is 0 Å². The van der Waals surface area contributed by atoms with Crippen molar-refractivity contribution in [3.63, 3.8) is 0 Å². The van der Waals surface area contributed by atoms with Crippen LogP contribution in [-0.4, -0.2) is 0 Å². The van der Waals surface area contributed by atoms with E-state index in [2.05, 4.69) is 29.0 Å². The molecule has 0 amide bonds. The van der Waals surface area contributed by atoms with E-state index in [1.165, 1.54) is 0 Å².